The molecule has 1 aromatic carbocycles. The Morgan fingerprint density at radius 1 is 1.24 bits per heavy atom. The highest BCUT2D eigenvalue weighted by Gasteiger charge is 2.13. The van der Waals surface area contributed by atoms with Gasteiger partial charge in [-0.25, -0.2) is 0 Å². The number of H-pyrrole nitrogens is 1. The summed E-state index contributed by atoms with van der Waals surface area (Å²) in [5, 5.41) is 13.2. The SMILES string of the molecule is CN=C(NCc1ccc2c(c1)OCO2)NCc1ccn[nH]1. The number of rotatable bonds is 4. The Morgan fingerprint density at radius 3 is 2.90 bits per heavy atom. The zero-order chi connectivity index (χ0) is 14.5. The maximum absolute atomic E-state index is 5.36. The van der Waals surface area contributed by atoms with Crippen molar-refractivity contribution in [3.8, 4) is 11.5 Å². The fourth-order valence-electron chi connectivity index (χ4n) is 2.02. The molecule has 0 atom stereocenters. The Labute approximate surface area is 122 Å². The monoisotopic (exact) mass is 287 g/mol. The third kappa shape index (κ3) is 3.25. The molecule has 0 unspecified atom stereocenters. The topological polar surface area (TPSA) is 83.6 Å². The summed E-state index contributed by atoms with van der Waals surface area (Å²) < 4.78 is 10.7. The lowest BCUT2D eigenvalue weighted by Crippen LogP contribution is -2.36. The van der Waals surface area contributed by atoms with E-state index >= 15 is 0 Å². The molecule has 7 heteroatoms. The molecule has 1 aliphatic rings. The van der Waals surface area contributed by atoms with Crippen molar-refractivity contribution in [1.82, 2.24) is 20.8 Å². The normalized spacial score (nSPS) is 13.3. The minimum atomic E-state index is 0.291. The van der Waals surface area contributed by atoms with E-state index in [0.29, 0.717) is 19.9 Å². The van der Waals surface area contributed by atoms with Crippen LogP contribution >= 0.6 is 0 Å². The second-order valence-corrected chi connectivity index (χ2v) is 4.55. The minimum absolute atomic E-state index is 0.291. The Hall–Kier alpha value is -2.70. The second kappa shape index (κ2) is 6.17. The summed E-state index contributed by atoms with van der Waals surface area (Å²) in [7, 11) is 1.74. The van der Waals surface area contributed by atoms with Gasteiger partial charge in [0, 0.05) is 19.8 Å². The molecule has 0 aliphatic carbocycles. The lowest BCUT2D eigenvalue weighted by atomic mass is 10.2. The van der Waals surface area contributed by atoms with Crippen LogP contribution in [0.25, 0.3) is 0 Å². The lowest BCUT2D eigenvalue weighted by molar-refractivity contribution is 0.174. The number of nitrogens with one attached hydrogen (secondary N) is 3. The molecule has 0 saturated heterocycles. The number of hydrogen-bond acceptors (Lipinski definition) is 4. The number of aliphatic imine (C=N–C) groups is 1. The highest BCUT2D eigenvalue weighted by atomic mass is 16.7. The number of ether oxygens (including phenoxy) is 2. The summed E-state index contributed by atoms with van der Waals surface area (Å²) in [5.74, 6) is 2.30. The number of nitrogens with zero attached hydrogens (tertiary/aromatic N) is 2. The Kier molecular flexibility index (Phi) is 3.90. The van der Waals surface area contributed by atoms with Crippen molar-refractivity contribution in [3.63, 3.8) is 0 Å². The first kappa shape index (κ1) is 13.3. The van der Waals surface area contributed by atoms with Crippen molar-refractivity contribution < 1.29 is 9.47 Å². The van der Waals surface area contributed by atoms with E-state index in [2.05, 4.69) is 25.8 Å². The van der Waals surface area contributed by atoms with Crippen LogP contribution in [0.2, 0.25) is 0 Å². The largest absolute Gasteiger partial charge is 0.454 e. The van der Waals surface area contributed by atoms with E-state index in [1.54, 1.807) is 13.2 Å². The average Bonchev–Trinajstić information content (AvgIpc) is 3.18. The fourth-order valence-corrected chi connectivity index (χ4v) is 2.02. The molecule has 110 valence electrons. The van der Waals surface area contributed by atoms with E-state index < -0.39 is 0 Å². The maximum atomic E-state index is 5.36. The predicted octanol–water partition coefficient (Wildman–Crippen LogP) is 1.00. The van der Waals surface area contributed by atoms with Gasteiger partial charge in [-0.3, -0.25) is 10.1 Å². The summed E-state index contributed by atoms with van der Waals surface area (Å²) in [6, 6.07) is 7.80. The van der Waals surface area contributed by atoms with Gasteiger partial charge in [0.2, 0.25) is 6.79 Å². The molecule has 7 nitrogen and oxygen atoms in total. The van der Waals surface area contributed by atoms with Crippen LogP contribution in [0.15, 0.2) is 35.5 Å². The molecule has 3 rings (SSSR count). The van der Waals surface area contributed by atoms with E-state index in [0.717, 1.165) is 28.7 Å². The molecule has 21 heavy (non-hydrogen) atoms. The van der Waals surface area contributed by atoms with Crippen molar-refractivity contribution in [1.29, 1.82) is 0 Å². The molecule has 0 bridgehead atoms. The Balaban J connectivity index is 1.53. The van der Waals surface area contributed by atoms with Crippen LogP contribution in [-0.4, -0.2) is 30.0 Å². The van der Waals surface area contributed by atoms with Crippen LogP contribution in [0.1, 0.15) is 11.3 Å². The first-order valence-corrected chi connectivity index (χ1v) is 6.66. The van der Waals surface area contributed by atoms with Gasteiger partial charge >= 0.3 is 0 Å². The van der Waals surface area contributed by atoms with E-state index in [1.807, 2.05) is 24.3 Å². The minimum Gasteiger partial charge on any atom is -0.454 e. The number of hydrogen-bond donors (Lipinski definition) is 3. The standard InChI is InChI=1S/C14H17N5O2/c1-15-14(17-8-11-4-5-18-19-11)16-7-10-2-3-12-13(6-10)21-9-20-12/h2-6H,7-9H2,1H3,(H,18,19)(H2,15,16,17). The van der Waals surface area contributed by atoms with Crippen molar-refractivity contribution >= 4 is 5.96 Å². The summed E-state index contributed by atoms with van der Waals surface area (Å²) in [6.45, 7) is 1.58. The number of guanidine groups is 1. The fraction of sp³-hybridized carbons (Fsp3) is 0.286. The van der Waals surface area contributed by atoms with Crippen molar-refractivity contribution in [3.05, 3.63) is 41.7 Å². The van der Waals surface area contributed by atoms with Gasteiger partial charge in [0.15, 0.2) is 17.5 Å². The van der Waals surface area contributed by atoms with Crippen LogP contribution in [0.3, 0.4) is 0 Å². The molecule has 0 spiro atoms. The van der Waals surface area contributed by atoms with Gasteiger partial charge in [-0.2, -0.15) is 5.10 Å². The van der Waals surface area contributed by atoms with E-state index in [1.165, 1.54) is 0 Å². The van der Waals surface area contributed by atoms with Gasteiger partial charge in [0.25, 0.3) is 0 Å². The van der Waals surface area contributed by atoms with Gasteiger partial charge in [-0.1, -0.05) is 6.07 Å². The van der Waals surface area contributed by atoms with Gasteiger partial charge in [-0.05, 0) is 23.8 Å². The van der Waals surface area contributed by atoms with Crippen LogP contribution in [-0.2, 0) is 13.1 Å². The van der Waals surface area contributed by atoms with Crippen molar-refractivity contribution in [2.24, 2.45) is 4.99 Å². The van der Waals surface area contributed by atoms with Gasteiger partial charge in [-0.15, -0.1) is 0 Å². The molecule has 1 aliphatic heterocycles. The van der Waals surface area contributed by atoms with E-state index in [9.17, 15) is 0 Å². The third-order valence-electron chi connectivity index (χ3n) is 3.13. The second-order valence-electron chi connectivity index (χ2n) is 4.55. The molecule has 1 aromatic heterocycles. The highest BCUT2D eigenvalue weighted by molar-refractivity contribution is 5.79. The summed E-state index contributed by atoms with van der Waals surface area (Å²) in [4.78, 5) is 4.18. The molecule has 2 heterocycles. The van der Waals surface area contributed by atoms with Crippen molar-refractivity contribution in [2.45, 2.75) is 13.1 Å². The van der Waals surface area contributed by atoms with Crippen LogP contribution in [0.5, 0.6) is 11.5 Å². The van der Waals surface area contributed by atoms with Crippen LogP contribution in [0, 0.1) is 0 Å². The molecular formula is C14H17N5O2. The van der Waals surface area contributed by atoms with Crippen LogP contribution < -0.4 is 20.1 Å². The molecular weight excluding hydrogens is 270 g/mol. The first-order valence-electron chi connectivity index (χ1n) is 6.66. The van der Waals surface area contributed by atoms with Crippen LogP contribution in [0.4, 0.5) is 0 Å². The maximum Gasteiger partial charge on any atom is 0.231 e. The molecule has 0 saturated carbocycles. The Morgan fingerprint density at radius 2 is 2.10 bits per heavy atom. The molecule has 3 N–H and O–H groups in total. The average molecular weight is 287 g/mol. The predicted molar refractivity (Wildman–Crippen MR) is 78.2 cm³/mol. The van der Waals surface area contributed by atoms with Gasteiger partial charge in [0.05, 0.1) is 12.2 Å². The number of benzene rings is 1. The number of aromatic nitrogens is 2. The quantitative estimate of drug-likeness (QED) is 0.577. The van der Waals surface area contributed by atoms with Gasteiger partial charge < -0.3 is 20.1 Å². The summed E-state index contributed by atoms with van der Waals surface area (Å²) in [5.41, 5.74) is 2.10. The zero-order valence-electron chi connectivity index (χ0n) is 11.7. The lowest BCUT2D eigenvalue weighted by Gasteiger charge is -2.11. The number of fused-ring (bicyclic) bond motifs is 1. The summed E-state index contributed by atoms with van der Waals surface area (Å²) in [6.07, 6.45) is 1.72. The highest BCUT2D eigenvalue weighted by Crippen LogP contribution is 2.32. The number of aromatic amines is 1. The molecule has 0 fully saturated rings. The molecule has 0 amide bonds. The van der Waals surface area contributed by atoms with E-state index in [4.69, 9.17) is 9.47 Å². The van der Waals surface area contributed by atoms with Gasteiger partial charge in [0.1, 0.15) is 0 Å². The Bertz CT molecular complexity index is 624. The third-order valence-corrected chi connectivity index (χ3v) is 3.13. The smallest absolute Gasteiger partial charge is 0.231 e. The molecule has 0 radical (unpaired) electrons. The zero-order valence-corrected chi connectivity index (χ0v) is 11.7. The molecule has 2 aromatic rings. The first-order chi connectivity index (χ1) is 10.3. The summed E-state index contributed by atoms with van der Waals surface area (Å²) >= 11 is 0. The van der Waals surface area contributed by atoms with Crippen molar-refractivity contribution in [2.75, 3.05) is 13.8 Å². The van der Waals surface area contributed by atoms with E-state index in [-0.39, 0.29) is 0 Å².